The number of likely N-dealkylation sites (N-methyl/N-ethyl adjacent to an activating group) is 1. The van der Waals surface area contributed by atoms with Gasteiger partial charge in [-0.2, -0.15) is 4.80 Å². The molecule has 0 bridgehead atoms. The van der Waals surface area contributed by atoms with Gasteiger partial charge >= 0.3 is 0 Å². The second-order valence-electron chi connectivity index (χ2n) is 4.05. The lowest BCUT2D eigenvalue weighted by Crippen LogP contribution is -2.11. The Balaban J connectivity index is 2.12. The number of benzene rings is 1. The Bertz CT molecular complexity index is 543. The smallest absolute Gasteiger partial charge is 0.176 e. The van der Waals surface area contributed by atoms with E-state index in [0.29, 0.717) is 30.1 Å². The van der Waals surface area contributed by atoms with Gasteiger partial charge in [0.25, 0.3) is 0 Å². The van der Waals surface area contributed by atoms with Crippen molar-refractivity contribution in [2.75, 3.05) is 20.7 Å². The minimum absolute atomic E-state index is 0.314. The summed E-state index contributed by atoms with van der Waals surface area (Å²) in [5.41, 5.74) is 0.681. The maximum absolute atomic E-state index is 13.2. The van der Waals surface area contributed by atoms with Gasteiger partial charge in [-0.1, -0.05) is 0 Å². The number of hydrogen-bond donors (Lipinski definition) is 1. The first kappa shape index (κ1) is 13.4. The molecule has 0 fully saturated rings. The average Bonchev–Trinajstić information content (AvgIpc) is 2.84. The standard InChI is InChI=1S/C12H16FN5O/c1-14-6-5-12-15-17-18(16-12)8-9-7-10(13)3-4-11(9)19-2/h3-4,7,14H,5-6,8H2,1-2H3. The third-order valence-corrected chi connectivity index (χ3v) is 2.65. The molecule has 0 saturated carbocycles. The van der Waals surface area contributed by atoms with E-state index in [9.17, 15) is 4.39 Å². The van der Waals surface area contributed by atoms with Crippen molar-refractivity contribution in [3.05, 3.63) is 35.4 Å². The van der Waals surface area contributed by atoms with Crippen LogP contribution in [0.2, 0.25) is 0 Å². The van der Waals surface area contributed by atoms with E-state index >= 15 is 0 Å². The van der Waals surface area contributed by atoms with E-state index in [0.717, 1.165) is 6.54 Å². The number of ether oxygens (including phenoxy) is 1. The average molecular weight is 265 g/mol. The third kappa shape index (κ3) is 3.47. The Kier molecular flexibility index (Phi) is 4.40. The van der Waals surface area contributed by atoms with E-state index in [1.807, 2.05) is 7.05 Å². The number of hydrogen-bond acceptors (Lipinski definition) is 5. The Hall–Kier alpha value is -2.02. The van der Waals surface area contributed by atoms with Crippen LogP contribution in [-0.4, -0.2) is 40.9 Å². The molecule has 0 aliphatic rings. The molecule has 1 aromatic carbocycles. The largest absolute Gasteiger partial charge is 0.496 e. The van der Waals surface area contributed by atoms with E-state index in [1.165, 1.54) is 16.9 Å². The minimum Gasteiger partial charge on any atom is -0.496 e. The molecule has 2 aromatic rings. The van der Waals surface area contributed by atoms with Gasteiger partial charge in [-0.05, 0) is 30.5 Å². The van der Waals surface area contributed by atoms with Crippen molar-refractivity contribution < 1.29 is 9.13 Å². The molecule has 6 nitrogen and oxygen atoms in total. The molecule has 0 aliphatic heterocycles. The zero-order valence-corrected chi connectivity index (χ0v) is 10.9. The van der Waals surface area contributed by atoms with Gasteiger partial charge in [-0.25, -0.2) is 4.39 Å². The van der Waals surface area contributed by atoms with Crippen molar-refractivity contribution in [2.24, 2.45) is 0 Å². The monoisotopic (exact) mass is 265 g/mol. The molecule has 1 N–H and O–H groups in total. The molecule has 19 heavy (non-hydrogen) atoms. The Labute approximate surface area is 110 Å². The first-order valence-corrected chi connectivity index (χ1v) is 5.96. The Morgan fingerprint density at radius 3 is 3.00 bits per heavy atom. The fourth-order valence-electron chi connectivity index (χ4n) is 1.70. The molecule has 1 heterocycles. The Morgan fingerprint density at radius 1 is 1.42 bits per heavy atom. The summed E-state index contributed by atoms with van der Waals surface area (Å²) in [5.74, 6) is 0.950. The highest BCUT2D eigenvalue weighted by atomic mass is 19.1. The van der Waals surface area contributed by atoms with Crippen molar-refractivity contribution in [3.8, 4) is 5.75 Å². The van der Waals surface area contributed by atoms with Crippen molar-refractivity contribution in [1.29, 1.82) is 0 Å². The summed E-state index contributed by atoms with van der Waals surface area (Å²) in [5, 5.41) is 15.1. The van der Waals surface area contributed by atoms with Crippen LogP contribution in [0.3, 0.4) is 0 Å². The molecule has 102 valence electrons. The lowest BCUT2D eigenvalue weighted by atomic mass is 10.2. The predicted molar refractivity (Wildman–Crippen MR) is 67.5 cm³/mol. The zero-order valence-electron chi connectivity index (χ0n) is 10.9. The molecule has 0 spiro atoms. The molecule has 1 aromatic heterocycles. The van der Waals surface area contributed by atoms with Crippen molar-refractivity contribution in [3.63, 3.8) is 0 Å². The van der Waals surface area contributed by atoms with Crippen LogP contribution < -0.4 is 10.1 Å². The number of nitrogens with one attached hydrogen (secondary N) is 1. The third-order valence-electron chi connectivity index (χ3n) is 2.65. The summed E-state index contributed by atoms with van der Waals surface area (Å²) in [6.07, 6.45) is 0.705. The molecule has 0 radical (unpaired) electrons. The van der Waals surface area contributed by atoms with E-state index in [1.54, 1.807) is 13.2 Å². The van der Waals surface area contributed by atoms with Crippen LogP contribution in [0.25, 0.3) is 0 Å². The van der Waals surface area contributed by atoms with Gasteiger partial charge in [-0.15, -0.1) is 10.2 Å². The van der Waals surface area contributed by atoms with Crippen LogP contribution in [0.5, 0.6) is 5.75 Å². The van der Waals surface area contributed by atoms with E-state index in [-0.39, 0.29) is 5.82 Å². The summed E-state index contributed by atoms with van der Waals surface area (Å²) in [6.45, 7) is 1.11. The van der Waals surface area contributed by atoms with Gasteiger partial charge in [0.15, 0.2) is 5.82 Å². The van der Waals surface area contributed by atoms with Gasteiger partial charge in [-0.3, -0.25) is 0 Å². The van der Waals surface area contributed by atoms with Crippen LogP contribution in [0.15, 0.2) is 18.2 Å². The number of nitrogens with zero attached hydrogens (tertiary/aromatic N) is 4. The van der Waals surface area contributed by atoms with Gasteiger partial charge < -0.3 is 10.1 Å². The number of aromatic nitrogens is 4. The second-order valence-corrected chi connectivity index (χ2v) is 4.05. The number of rotatable bonds is 6. The summed E-state index contributed by atoms with van der Waals surface area (Å²) < 4.78 is 18.4. The highest BCUT2D eigenvalue weighted by molar-refractivity contribution is 5.33. The molecule has 7 heteroatoms. The fraction of sp³-hybridized carbons (Fsp3) is 0.417. The summed E-state index contributed by atoms with van der Waals surface area (Å²) in [6, 6.07) is 4.36. The van der Waals surface area contributed by atoms with Gasteiger partial charge in [0, 0.05) is 18.5 Å². The maximum Gasteiger partial charge on any atom is 0.176 e. The van der Waals surface area contributed by atoms with Gasteiger partial charge in [0.05, 0.1) is 13.7 Å². The van der Waals surface area contributed by atoms with Crippen LogP contribution in [0.4, 0.5) is 4.39 Å². The predicted octanol–water partition coefficient (Wildman–Crippen LogP) is 0.631. The van der Waals surface area contributed by atoms with Crippen LogP contribution in [0.1, 0.15) is 11.4 Å². The van der Waals surface area contributed by atoms with Crippen molar-refractivity contribution >= 4 is 0 Å². The lowest BCUT2D eigenvalue weighted by Gasteiger charge is -2.07. The highest BCUT2D eigenvalue weighted by Crippen LogP contribution is 2.19. The highest BCUT2D eigenvalue weighted by Gasteiger charge is 2.08. The van der Waals surface area contributed by atoms with E-state index < -0.39 is 0 Å². The molecule has 0 aliphatic carbocycles. The van der Waals surface area contributed by atoms with E-state index in [2.05, 4.69) is 20.7 Å². The number of tetrazole rings is 1. The number of methoxy groups -OCH3 is 1. The molecule has 0 saturated heterocycles. The molecule has 0 atom stereocenters. The molecule has 0 amide bonds. The first-order chi connectivity index (χ1) is 9.22. The van der Waals surface area contributed by atoms with Crippen LogP contribution in [0, 0.1) is 5.82 Å². The SMILES string of the molecule is CNCCc1nnn(Cc2cc(F)ccc2OC)n1. The maximum atomic E-state index is 13.2. The van der Waals surface area contributed by atoms with Crippen molar-refractivity contribution in [2.45, 2.75) is 13.0 Å². The number of halogens is 1. The summed E-state index contributed by atoms with van der Waals surface area (Å²) in [4.78, 5) is 1.43. The summed E-state index contributed by atoms with van der Waals surface area (Å²) in [7, 11) is 3.41. The van der Waals surface area contributed by atoms with Crippen LogP contribution in [-0.2, 0) is 13.0 Å². The molecular weight excluding hydrogens is 249 g/mol. The molecule has 0 unspecified atom stereocenters. The topological polar surface area (TPSA) is 64.9 Å². The summed E-state index contributed by atoms with van der Waals surface area (Å²) >= 11 is 0. The normalized spacial score (nSPS) is 10.7. The molecule has 2 rings (SSSR count). The lowest BCUT2D eigenvalue weighted by molar-refractivity contribution is 0.403. The van der Waals surface area contributed by atoms with Gasteiger partial charge in [0.2, 0.25) is 0 Å². The fourth-order valence-corrected chi connectivity index (χ4v) is 1.70. The van der Waals surface area contributed by atoms with Crippen molar-refractivity contribution in [1.82, 2.24) is 25.5 Å². The van der Waals surface area contributed by atoms with Crippen LogP contribution >= 0.6 is 0 Å². The Morgan fingerprint density at radius 2 is 2.26 bits per heavy atom. The first-order valence-electron chi connectivity index (χ1n) is 5.96. The second kappa shape index (κ2) is 6.24. The quantitative estimate of drug-likeness (QED) is 0.830. The van der Waals surface area contributed by atoms with Gasteiger partial charge in [0.1, 0.15) is 11.6 Å². The minimum atomic E-state index is -0.314. The molecular formula is C12H16FN5O. The zero-order chi connectivity index (χ0) is 13.7. The van der Waals surface area contributed by atoms with E-state index in [4.69, 9.17) is 4.74 Å².